The van der Waals surface area contributed by atoms with Crippen LogP contribution < -0.4 is 16.2 Å². The SMILES string of the molecule is Cc1nc2cccc(O[C@H]3CC[C@H](CN)CC3)c2c(N)c1C(=O)O. The topological polar surface area (TPSA) is 111 Å². The Kier molecular flexibility index (Phi) is 4.57. The second-order valence-corrected chi connectivity index (χ2v) is 6.44. The minimum Gasteiger partial charge on any atom is -0.490 e. The lowest BCUT2D eigenvalue weighted by molar-refractivity contribution is 0.0697. The van der Waals surface area contributed by atoms with Crippen molar-refractivity contribution in [1.29, 1.82) is 0 Å². The number of carbonyl (C=O) groups is 1. The number of pyridine rings is 1. The van der Waals surface area contributed by atoms with Crippen LogP contribution in [0.25, 0.3) is 10.9 Å². The molecule has 24 heavy (non-hydrogen) atoms. The van der Waals surface area contributed by atoms with E-state index in [1.807, 2.05) is 18.2 Å². The third-order valence-corrected chi connectivity index (χ3v) is 4.83. The quantitative estimate of drug-likeness (QED) is 0.795. The Hall–Kier alpha value is -2.34. The van der Waals surface area contributed by atoms with Crippen LogP contribution in [-0.2, 0) is 0 Å². The van der Waals surface area contributed by atoms with Crippen LogP contribution >= 0.6 is 0 Å². The number of aromatic carboxylic acids is 1. The molecule has 1 aromatic carbocycles. The molecule has 0 saturated heterocycles. The molecular weight excluding hydrogens is 306 g/mol. The van der Waals surface area contributed by atoms with Crippen molar-refractivity contribution in [3.63, 3.8) is 0 Å². The molecule has 0 aliphatic heterocycles. The number of aromatic nitrogens is 1. The first-order chi connectivity index (χ1) is 11.5. The number of hydrogen-bond acceptors (Lipinski definition) is 5. The van der Waals surface area contributed by atoms with Gasteiger partial charge in [0.2, 0.25) is 0 Å². The third-order valence-electron chi connectivity index (χ3n) is 4.83. The Morgan fingerprint density at radius 1 is 1.33 bits per heavy atom. The van der Waals surface area contributed by atoms with E-state index in [0.717, 1.165) is 32.2 Å². The zero-order chi connectivity index (χ0) is 17.3. The van der Waals surface area contributed by atoms with Gasteiger partial charge in [-0.2, -0.15) is 0 Å². The maximum absolute atomic E-state index is 11.5. The van der Waals surface area contributed by atoms with Gasteiger partial charge in [0.1, 0.15) is 11.3 Å². The maximum atomic E-state index is 11.5. The van der Waals surface area contributed by atoms with Gasteiger partial charge in [-0.3, -0.25) is 4.98 Å². The van der Waals surface area contributed by atoms with E-state index in [4.69, 9.17) is 16.2 Å². The molecule has 5 N–H and O–H groups in total. The monoisotopic (exact) mass is 329 g/mol. The molecule has 0 amide bonds. The number of nitrogens with zero attached hydrogens (tertiary/aromatic N) is 1. The summed E-state index contributed by atoms with van der Waals surface area (Å²) in [7, 11) is 0. The smallest absolute Gasteiger partial charge is 0.339 e. The summed E-state index contributed by atoms with van der Waals surface area (Å²) in [6.07, 6.45) is 4.11. The number of nitrogens with two attached hydrogens (primary N) is 2. The summed E-state index contributed by atoms with van der Waals surface area (Å²) in [5.41, 5.74) is 13.2. The van der Waals surface area contributed by atoms with Crippen molar-refractivity contribution in [2.75, 3.05) is 12.3 Å². The first-order valence-electron chi connectivity index (χ1n) is 8.30. The summed E-state index contributed by atoms with van der Waals surface area (Å²) in [5, 5.41) is 9.99. The number of fused-ring (bicyclic) bond motifs is 1. The molecule has 6 nitrogen and oxygen atoms in total. The molecule has 1 aromatic heterocycles. The van der Waals surface area contributed by atoms with Gasteiger partial charge in [-0.25, -0.2) is 4.79 Å². The summed E-state index contributed by atoms with van der Waals surface area (Å²) in [6.45, 7) is 2.37. The van der Waals surface area contributed by atoms with Gasteiger partial charge in [0.15, 0.2) is 0 Å². The molecule has 2 aromatic rings. The number of nitrogen functional groups attached to an aromatic ring is 1. The van der Waals surface area contributed by atoms with Crippen LogP contribution in [0, 0.1) is 12.8 Å². The predicted octanol–water partition coefficient (Wildman–Crippen LogP) is 2.72. The normalized spacial score (nSPS) is 20.9. The number of aryl methyl sites for hydroxylation is 1. The third kappa shape index (κ3) is 3.01. The van der Waals surface area contributed by atoms with E-state index in [1.165, 1.54) is 0 Å². The van der Waals surface area contributed by atoms with Crippen LogP contribution in [0.4, 0.5) is 5.69 Å². The summed E-state index contributed by atoms with van der Waals surface area (Å²) in [6, 6.07) is 5.51. The number of ether oxygens (including phenoxy) is 1. The van der Waals surface area contributed by atoms with Crippen molar-refractivity contribution in [2.24, 2.45) is 11.7 Å². The van der Waals surface area contributed by atoms with Crippen molar-refractivity contribution < 1.29 is 14.6 Å². The fourth-order valence-electron chi connectivity index (χ4n) is 3.47. The molecule has 3 rings (SSSR count). The standard InChI is InChI=1S/C18H23N3O3/c1-10-15(18(22)23)17(20)16-13(21-10)3-2-4-14(16)24-12-7-5-11(9-19)6-8-12/h2-4,11-12H,5-9,19H2,1H3,(H2,20,21)(H,22,23)/t11-,12-. The van der Waals surface area contributed by atoms with Gasteiger partial charge < -0.3 is 21.3 Å². The predicted molar refractivity (Wildman–Crippen MR) is 93.3 cm³/mol. The summed E-state index contributed by atoms with van der Waals surface area (Å²) in [4.78, 5) is 15.9. The van der Waals surface area contributed by atoms with E-state index in [1.54, 1.807) is 6.92 Å². The molecule has 1 aliphatic rings. The lowest BCUT2D eigenvalue weighted by atomic mass is 9.87. The highest BCUT2D eigenvalue weighted by molar-refractivity contribution is 6.06. The van der Waals surface area contributed by atoms with E-state index < -0.39 is 5.97 Å². The van der Waals surface area contributed by atoms with Crippen LogP contribution in [0.2, 0.25) is 0 Å². The van der Waals surface area contributed by atoms with Gasteiger partial charge in [-0.05, 0) is 57.2 Å². The molecule has 0 spiro atoms. The number of hydrogen-bond donors (Lipinski definition) is 3. The molecular formula is C18H23N3O3. The molecule has 0 atom stereocenters. The molecule has 1 saturated carbocycles. The van der Waals surface area contributed by atoms with E-state index >= 15 is 0 Å². The lowest BCUT2D eigenvalue weighted by Gasteiger charge is -2.28. The Labute approximate surface area is 140 Å². The maximum Gasteiger partial charge on any atom is 0.339 e. The number of anilines is 1. The Balaban J connectivity index is 1.97. The number of rotatable bonds is 4. The van der Waals surface area contributed by atoms with Crippen LogP contribution in [0.15, 0.2) is 18.2 Å². The fourth-order valence-corrected chi connectivity index (χ4v) is 3.47. The molecule has 0 radical (unpaired) electrons. The summed E-state index contributed by atoms with van der Waals surface area (Å²) < 4.78 is 6.16. The van der Waals surface area contributed by atoms with E-state index in [-0.39, 0.29) is 17.4 Å². The van der Waals surface area contributed by atoms with E-state index in [0.29, 0.717) is 28.3 Å². The second kappa shape index (κ2) is 6.65. The zero-order valence-electron chi connectivity index (χ0n) is 13.8. The van der Waals surface area contributed by atoms with Gasteiger partial charge >= 0.3 is 5.97 Å². The molecule has 0 unspecified atom stereocenters. The second-order valence-electron chi connectivity index (χ2n) is 6.44. The van der Waals surface area contributed by atoms with Gasteiger partial charge in [-0.1, -0.05) is 6.07 Å². The minimum atomic E-state index is -1.07. The molecule has 1 heterocycles. The Morgan fingerprint density at radius 2 is 2.04 bits per heavy atom. The van der Waals surface area contributed by atoms with Crippen molar-refractivity contribution in [3.8, 4) is 5.75 Å². The fraction of sp³-hybridized carbons (Fsp3) is 0.444. The van der Waals surface area contributed by atoms with Crippen LogP contribution in [0.1, 0.15) is 41.7 Å². The number of benzene rings is 1. The molecule has 6 heteroatoms. The van der Waals surface area contributed by atoms with Gasteiger partial charge in [0.05, 0.1) is 28.4 Å². The Bertz CT molecular complexity index is 768. The minimum absolute atomic E-state index is 0.0467. The highest BCUT2D eigenvalue weighted by Crippen LogP contribution is 2.35. The molecule has 1 aliphatic carbocycles. The zero-order valence-corrected chi connectivity index (χ0v) is 13.8. The summed E-state index contributed by atoms with van der Waals surface area (Å²) in [5.74, 6) is 0.110. The molecule has 128 valence electrons. The van der Waals surface area contributed by atoms with Crippen molar-refractivity contribution >= 4 is 22.6 Å². The summed E-state index contributed by atoms with van der Waals surface area (Å²) >= 11 is 0. The molecule has 1 fully saturated rings. The first kappa shape index (κ1) is 16.5. The van der Waals surface area contributed by atoms with Crippen LogP contribution in [0.5, 0.6) is 5.75 Å². The largest absolute Gasteiger partial charge is 0.490 e. The Morgan fingerprint density at radius 3 is 2.67 bits per heavy atom. The molecule has 0 bridgehead atoms. The lowest BCUT2D eigenvalue weighted by Crippen LogP contribution is -2.27. The first-order valence-corrected chi connectivity index (χ1v) is 8.30. The van der Waals surface area contributed by atoms with Gasteiger partial charge in [0.25, 0.3) is 0 Å². The van der Waals surface area contributed by atoms with Crippen molar-refractivity contribution in [2.45, 2.75) is 38.7 Å². The van der Waals surface area contributed by atoms with Gasteiger partial charge in [-0.15, -0.1) is 0 Å². The van der Waals surface area contributed by atoms with Crippen LogP contribution in [0.3, 0.4) is 0 Å². The number of carboxylic acids is 1. The van der Waals surface area contributed by atoms with Crippen molar-refractivity contribution in [1.82, 2.24) is 4.98 Å². The highest BCUT2D eigenvalue weighted by atomic mass is 16.5. The average molecular weight is 329 g/mol. The van der Waals surface area contributed by atoms with Gasteiger partial charge in [0, 0.05) is 0 Å². The highest BCUT2D eigenvalue weighted by Gasteiger charge is 2.24. The average Bonchev–Trinajstić information content (AvgIpc) is 2.55. The number of carboxylic acid groups (broad SMARTS) is 1. The van der Waals surface area contributed by atoms with Crippen molar-refractivity contribution in [3.05, 3.63) is 29.5 Å². The van der Waals surface area contributed by atoms with E-state index in [9.17, 15) is 9.90 Å². The van der Waals surface area contributed by atoms with E-state index in [2.05, 4.69) is 4.98 Å². The van der Waals surface area contributed by atoms with Crippen LogP contribution in [-0.4, -0.2) is 28.7 Å².